The Bertz CT molecular complexity index is 878. The maximum atomic E-state index is 12.4. The van der Waals surface area contributed by atoms with E-state index in [-0.39, 0.29) is 5.91 Å². The van der Waals surface area contributed by atoms with Crippen molar-refractivity contribution < 1.29 is 9.53 Å². The van der Waals surface area contributed by atoms with Crippen molar-refractivity contribution in [2.45, 2.75) is 13.8 Å². The molecule has 1 aromatic carbocycles. The number of benzene rings is 1. The minimum atomic E-state index is -0.230. The Morgan fingerprint density at radius 3 is 2.50 bits per heavy atom. The van der Waals surface area contributed by atoms with Crippen LogP contribution < -0.4 is 10.1 Å². The number of methoxy groups -OCH3 is 1. The van der Waals surface area contributed by atoms with Gasteiger partial charge in [-0.2, -0.15) is 5.10 Å². The minimum Gasteiger partial charge on any atom is -0.497 e. The molecule has 0 unspecified atom stereocenters. The minimum absolute atomic E-state index is 0.230. The number of ether oxygens (including phenoxy) is 1. The number of thiophene rings is 1. The van der Waals surface area contributed by atoms with Crippen LogP contribution in [-0.2, 0) is 7.05 Å². The molecule has 1 amide bonds. The predicted octanol–water partition coefficient (Wildman–Crippen LogP) is 4.03. The van der Waals surface area contributed by atoms with Gasteiger partial charge in [0.15, 0.2) is 5.69 Å². The highest BCUT2D eigenvalue weighted by atomic mass is 32.1. The van der Waals surface area contributed by atoms with Gasteiger partial charge in [-0.15, -0.1) is 11.3 Å². The standard InChI is InChI=1S/C18H19N3O2S/c1-11-9-15(12(2)24-11)17-10-16(20-21(17)3)18(22)19-13-5-7-14(23-4)8-6-13/h5-10H,1-4H3,(H,19,22). The lowest BCUT2D eigenvalue weighted by Gasteiger charge is -2.04. The Hall–Kier alpha value is -2.60. The molecule has 0 aliphatic rings. The number of hydrogen-bond donors (Lipinski definition) is 1. The van der Waals surface area contributed by atoms with Gasteiger partial charge < -0.3 is 10.1 Å². The van der Waals surface area contributed by atoms with Gasteiger partial charge in [0.2, 0.25) is 0 Å². The van der Waals surface area contributed by atoms with Crippen LogP contribution in [-0.4, -0.2) is 22.8 Å². The lowest BCUT2D eigenvalue weighted by Crippen LogP contribution is -2.12. The lowest BCUT2D eigenvalue weighted by molar-refractivity contribution is 0.102. The normalized spacial score (nSPS) is 10.7. The van der Waals surface area contributed by atoms with Crippen LogP contribution in [0.25, 0.3) is 11.3 Å². The van der Waals surface area contributed by atoms with Crippen molar-refractivity contribution >= 4 is 22.9 Å². The van der Waals surface area contributed by atoms with Crippen LogP contribution in [0.1, 0.15) is 20.2 Å². The molecule has 3 rings (SSSR count). The summed E-state index contributed by atoms with van der Waals surface area (Å²) < 4.78 is 6.86. The molecule has 2 heterocycles. The Kier molecular flexibility index (Phi) is 4.40. The third-order valence-electron chi connectivity index (χ3n) is 3.78. The Balaban J connectivity index is 1.83. The summed E-state index contributed by atoms with van der Waals surface area (Å²) in [5.41, 5.74) is 3.16. The van der Waals surface area contributed by atoms with Gasteiger partial charge in [0.05, 0.1) is 12.8 Å². The van der Waals surface area contributed by atoms with E-state index >= 15 is 0 Å². The van der Waals surface area contributed by atoms with Gasteiger partial charge in [0, 0.05) is 28.1 Å². The van der Waals surface area contributed by atoms with Gasteiger partial charge in [-0.25, -0.2) is 0 Å². The van der Waals surface area contributed by atoms with Crippen molar-refractivity contribution in [3.8, 4) is 17.0 Å². The number of aryl methyl sites for hydroxylation is 3. The molecule has 124 valence electrons. The van der Waals surface area contributed by atoms with Gasteiger partial charge in [0.25, 0.3) is 5.91 Å². The molecule has 0 radical (unpaired) electrons. The van der Waals surface area contributed by atoms with Crippen LogP contribution in [0.4, 0.5) is 5.69 Å². The molecule has 0 fully saturated rings. The maximum absolute atomic E-state index is 12.4. The zero-order valence-corrected chi connectivity index (χ0v) is 14.9. The molecule has 2 aromatic heterocycles. The van der Waals surface area contributed by atoms with Crippen molar-refractivity contribution in [3.05, 3.63) is 51.8 Å². The zero-order valence-electron chi connectivity index (χ0n) is 14.1. The molecule has 0 aliphatic carbocycles. The summed E-state index contributed by atoms with van der Waals surface area (Å²) >= 11 is 1.74. The van der Waals surface area contributed by atoms with E-state index in [1.54, 1.807) is 47.4 Å². The first kappa shape index (κ1) is 16.3. The van der Waals surface area contributed by atoms with Crippen LogP contribution >= 0.6 is 11.3 Å². The van der Waals surface area contributed by atoms with E-state index < -0.39 is 0 Å². The average molecular weight is 341 g/mol. The second-order valence-corrected chi connectivity index (χ2v) is 7.01. The molecule has 6 heteroatoms. The van der Waals surface area contributed by atoms with E-state index in [0.717, 1.165) is 17.0 Å². The SMILES string of the molecule is COc1ccc(NC(=O)c2cc(-c3cc(C)sc3C)n(C)n2)cc1. The van der Waals surface area contributed by atoms with Crippen molar-refractivity contribution in [3.63, 3.8) is 0 Å². The molecule has 5 nitrogen and oxygen atoms in total. The van der Waals surface area contributed by atoms with E-state index in [1.165, 1.54) is 9.75 Å². The molecule has 0 bridgehead atoms. The highest BCUT2D eigenvalue weighted by Crippen LogP contribution is 2.30. The van der Waals surface area contributed by atoms with Gasteiger partial charge in [-0.3, -0.25) is 9.48 Å². The van der Waals surface area contributed by atoms with Crippen molar-refractivity contribution in [1.29, 1.82) is 0 Å². The fourth-order valence-corrected chi connectivity index (χ4v) is 3.52. The van der Waals surface area contributed by atoms with Gasteiger partial charge in [0.1, 0.15) is 5.75 Å². The van der Waals surface area contributed by atoms with E-state index in [9.17, 15) is 4.79 Å². The summed E-state index contributed by atoms with van der Waals surface area (Å²) in [6.45, 7) is 4.16. The number of nitrogens with zero attached hydrogens (tertiary/aromatic N) is 2. The predicted molar refractivity (Wildman–Crippen MR) is 96.9 cm³/mol. The molecule has 0 spiro atoms. The van der Waals surface area contributed by atoms with Crippen LogP contribution in [0.5, 0.6) is 5.75 Å². The molecule has 0 saturated carbocycles. The molecule has 24 heavy (non-hydrogen) atoms. The quantitative estimate of drug-likeness (QED) is 0.779. The van der Waals surface area contributed by atoms with Crippen LogP contribution in [0.3, 0.4) is 0 Å². The Morgan fingerprint density at radius 1 is 1.21 bits per heavy atom. The first-order valence-electron chi connectivity index (χ1n) is 7.55. The van der Waals surface area contributed by atoms with E-state index in [4.69, 9.17) is 4.74 Å². The van der Waals surface area contributed by atoms with Gasteiger partial charge in [-0.1, -0.05) is 0 Å². The number of carbonyl (C=O) groups excluding carboxylic acids is 1. The summed E-state index contributed by atoms with van der Waals surface area (Å²) in [6, 6.07) is 11.2. The van der Waals surface area contributed by atoms with Crippen LogP contribution in [0.2, 0.25) is 0 Å². The van der Waals surface area contributed by atoms with Crippen molar-refractivity contribution in [2.75, 3.05) is 12.4 Å². The maximum Gasteiger partial charge on any atom is 0.276 e. The number of aromatic nitrogens is 2. The number of rotatable bonds is 4. The number of amides is 1. The summed E-state index contributed by atoms with van der Waals surface area (Å²) in [7, 11) is 3.46. The number of hydrogen-bond acceptors (Lipinski definition) is 4. The molecule has 3 aromatic rings. The molecule has 0 atom stereocenters. The fraction of sp³-hybridized carbons (Fsp3) is 0.222. The Morgan fingerprint density at radius 2 is 1.92 bits per heavy atom. The third kappa shape index (κ3) is 3.19. The fourth-order valence-electron chi connectivity index (χ4n) is 2.58. The summed E-state index contributed by atoms with van der Waals surface area (Å²) in [5.74, 6) is 0.517. The second kappa shape index (κ2) is 6.49. The number of anilines is 1. The largest absolute Gasteiger partial charge is 0.497 e. The molecular formula is C18H19N3O2S. The van der Waals surface area contributed by atoms with Gasteiger partial charge >= 0.3 is 0 Å². The first-order chi connectivity index (χ1) is 11.5. The third-order valence-corrected chi connectivity index (χ3v) is 4.74. The van der Waals surface area contributed by atoms with E-state index in [1.807, 2.05) is 13.1 Å². The number of carbonyl (C=O) groups is 1. The monoisotopic (exact) mass is 341 g/mol. The first-order valence-corrected chi connectivity index (χ1v) is 8.36. The van der Waals surface area contributed by atoms with E-state index in [0.29, 0.717) is 11.4 Å². The summed E-state index contributed by atoms with van der Waals surface area (Å²) in [4.78, 5) is 14.9. The highest BCUT2D eigenvalue weighted by Gasteiger charge is 2.16. The molecule has 0 saturated heterocycles. The summed E-state index contributed by atoms with van der Waals surface area (Å²) in [6.07, 6.45) is 0. The molecule has 1 N–H and O–H groups in total. The zero-order chi connectivity index (χ0) is 17.3. The van der Waals surface area contributed by atoms with Crippen molar-refractivity contribution in [1.82, 2.24) is 9.78 Å². The van der Waals surface area contributed by atoms with Crippen LogP contribution in [0.15, 0.2) is 36.4 Å². The Labute approximate surface area is 144 Å². The number of nitrogens with one attached hydrogen (secondary N) is 1. The van der Waals surface area contributed by atoms with Crippen LogP contribution in [0, 0.1) is 13.8 Å². The van der Waals surface area contributed by atoms with Gasteiger partial charge in [-0.05, 0) is 50.2 Å². The average Bonchev–Trinajstić information content (AvgIpc) is 3.10. The summed E-state index contributed by atoms with van der Waals surface area (Å²) in [5, 5.41) is 7.21. The smallest absolute Gasteiger partial charge is 0.276 e. The molecular weight excluding hydrogens is 322 g/mol. The lowest BCUT2D eigenvalue weighted by atomic mass is 10.1. The highest BCUT2D eigenvalue weighted by molar-refractivity contribution is 7.12. The molecule has 0 aliphatic heterocycles. The second-order valence-electron chi connectivity index (χ2n) is 5.55. The van der Waals surface area contributed by atoms with E-state index in [2.05, 4.69) is 30.3 Å². The topological polar surface area (TPSA) is 56.1 Å². The van der Waals surface area contributed by atoms with Crippen molar-refractivity contribution in [2.24, 2.45) is 7.05 Å².